The van der Waals surface area contributed by atoms with E-state index in [1.807, 2.05) is 4.90 Å². The van der Waals surface area contributed by atoms with E-state index in [2.05, 4.69) is 25.2 Å². The Hall–Kier alpha value is -3.56. The summed E-state index contributed by atoms with van der Waals surface area (Å²) in [6, 6.07) is 0.434. The van der Waals surface area contributed by atoms with Crippen molar-refractivity contribution in [3.05, 3.63) is 28.8 Å². The monoisotopic (exact) mass is 607 g/mol. The molecule has 0 spiro atoms. The van der Waals surface area contributed by atoms with Crippen LogP contribution in [0.4, 0.5) is 33.5 Å². The molecule has 1 aromatic carbocycles. The molecule has 2 bridgehead atoms. The van der Waals surface area contributed by atoms with Crippen LogP contribution in [-0.2, 0) is 10.9 Å². The van der Waals surface area contributed by atoms with Crippen LogP contribution in [-0.4, -0.2) is 90.1 Å². The highest BCUT2D eigenvalue weighted by atomic mass is 19.4. The van der Waals surface area contributed by atoms with Crippen molar-refractivity contribution < 1.29 is 36.2 Å². The number of fused-ring (bicyclic) bond motifs is 4. The van der Waals surface area contributed by atoms with Crippen LogP contribution in [0.5, 0.6) is 11.9 Å². The Morgan fingerprint density at radius 1 is 1.16 bits per heavy atom. The number of nitrogens with one attached hydrogen (secondary N) is 1. The summed E-state index contributed by atoms with van der Waals surface area (Å²) in [6.45, 7) is 6.82. The number of rotatable bonds is 4. The van der Waals surface area contributed by atoms with Crippen LogP contribution in [0.1, 0.15) is 24.5 Å². The van der Waals surface area contributed by atoms with Gasteiger partial charge in [-0.1, -0.05) is 0 Å². The number of benzene rings is 1. The van der Waals surface area contributed by atoms with Gasteiger partial charge in [0.05, 0.1) is 30.0 Å². The molecule has 6 heterocycles. The molecule has 3 N–H and O–H groups in total. The van der Waals surface area contributed by atoms with Gasteiger partial charge >= 0.3 is 12.2 Å². The molecule has 1 unspecified atom stereocenters. The summed E-state index contributed by atoms with van der Waals surface area (Å²) in [4.78, 5) is 17.5. The molecule has 3 saturated heterocycles. The molecule has 15 heteroatoms. The molecule has 5 atom stereocenters. The second kappa shape index (κ2) is 10.3. The molecule has 43 heavy (non-hydrogen) atoms. The number of ether oxygens (including phenoxy) is 3. The van der Waals surface area contributed by atoms with Crippen molar-refractivity contribution in [3.63, 3.8) is 0 Å². The number of hydrogen-bond donors (Lipinski definition) is 2. The van der Waals surface area contributed by atoms with E-state index in [0.717, 1.165) is 32.5 Å². The number of piperazine rings is 1. The quantitative estimate of drug-likeness (QED) is 0.339. The number of halogens is 5. The minimum absolute atomic E-state index is 0.0501. The number of hydrogen-bond acceptors (Lipinski definition) is 10. The van der Waals surface area contributed by atoms with Crippen LogP contribution >= 0.6 is 0 Å². The van der Waals surface area contributed by atoms with Gasteiger partial charge in [0.2, 0.25) is 5.88 Å². The number of pyridine rings is 1. The van der Waals surface area contributed by atoms with E-state index in [0.29, 0.717) is 32.1 Å². The second-order valence-electron chi connectivity index (χ2n) is 11.4. The molecule has 0 amide bonds. The van der Waals surface area contributed by atoms with Crippen LogP contribution in [0.2, 0.25) is 0 Å². The maximum Gasteiger partial charge on any atom is 0.417 e. The maximum atomic E-state index is 16.5. The van der Waals surface area contributed by atoms with Crippen molar-refractivity contribution in [2.75, 3.05) is 56.6 Å². The Kier molecular flexibility index (Phi) is 6.74. The van der Waals surface area contributed by atoms with Crippen molar-refractivity contribution in [1.82, 2.24) is 25.2 Å². The molecule has 2 aromatic heterocycles. The zero-order valence-corrected chi connectivity index (χ0v) is 23.5. The lowest BCUT2D eigenvalue weighted by atomic mass is 9.96. The lowest BCUT2D eigenvalue weighted by Crippen LogP contribution is -2.56. The van der Waals surface area contributed by atoms with E-state index in [1.165, 1.54) is 0 Å². The van der Waals surface area contributed by atoms with Gasteiger partial charge in [-0.15, -0.1) is 0 Å². The fourth-order valence-corrected chi connectivity index (χ4v) is 6.69. The van der Waals surface area contributed by atoms with Crippen LogP contribution in [0, 0.1) is 18.6 Å². The number of morpholine rings is 1. The Morgan fingerprint density at radius 2 is 1.98 bits per heavy atom. The van der Waals surface area contributed by atoms with Crippen molar-refractivity contribution >= 4 is 22.4 Å². The summed E-state index contributed by atoms with van der Waals surface area (Å²) in [5.74, 6) is -2.19. The summed E-state index contributed by atoms with van der Waals surface area (Å²) in [7, 11) is 0. The largest absolute Gasteiger partial charge is 0.472 e. The third-order valence-corrected chi connectivity index (χ3v) is 8.80. The molecule has 3 fully saturated rings. The summed E-state index contributed by atoms with van der Waals surface area (Å²) in [5.41, 5.74) is 1.28. The number of nitrogen functional groups attached to an aromatic ring is 1. The van der Waals surface area contributed by atoms with E-state index >= 15 is 4.39 Å². The topological polar surface area (TPSA) is 111 Å². The van der Waals surface area contributed by atoms with Crippen LogP contribution in [0.3, 0.4) is 0 Å². The first-order chi connectivity index (χ1) is 20.5. The average Bonchev–Trinajstić information content (AvgIpc) is 3.19. The van der Waals surface area contributed by atoms with Crippen molar-refractivity contribution in [1.29, 1.82) is 0 Å². The second-order valence-corrected chi connectivity index (χ2v) is 11.4. The van der Waals surface area contributed by atoms with Gasteiger partial charge in [0.15, 0.2) is 5.82 Å². The predicted molar refractivity (Wildman–Crippen MR) is 146 cm³/mol. The van der Waals surface area contributed by atoms with E-state index in [4.69, 9.17) is 19.9 Å². The molecule has 0 saturated carbocycles. The first kappa shape index (κ1) is 28.2. The van der Waals surface area contributed by atoms with E-state index in [-0.39, 0.29) is 47.6 Å². The Labute approximate surface area is 243 Å². The van der Waals surface area contributed by atoms with Gasteiger partial charge < -0.3 is 30.2 Å². The number of aromatic nitrogens is 3. The van der Waals surface area contributed by atoms with Gasteiger partial charge in [-0.2, -0.15) is 23.1 Å². The Balaban J connectivity index is 1.41. The molecule has 0 radical (unpaired) electrons. The Bertz CT molecular complexity index is 1610. The van der Waals surface area contributed by atoms with Gasteiger partial charge in [0, 0.05) is 44.3 Å². The molecule has 4 aliphatic heterocycles. The van der Waals surface area contributed by atoms with Gasteiger partial charge in [-0.25, -0.2) is 13.8 Å². The minimum Gasteiger partial charge on any atom is -0.472 e. The third kappa shape index (κ3) is 4.68. The number of nitrogens with zero attached hydrogens (tertiary/aromatic N) is 5. The smallest absolute Gasteiger partial charge is 0.417 e. The van der Waals surface area contributed by atoms with Gasteiger partial charge in [-0.05, 0) is 31.9 Å². The average molecular weight is 608 g/mol. The highest BCUT2D eigenvalue weighted by Crippen LogP contribution is 2.46. The van der Waals surface area contributed by atoms with Gasteiger partial charge in [0.1, 0.15) is 40.9 Å². The van der Waals surface area contributed by atoms with E-state index in [1.54, 1.807) is 6.92 Å². The molecule has 7 rings (SSSR count). The molecular formula is C28H30F5N7O3. The maximum absolute atomic E-state index is 16.5. The van der Waals surface area contributed by atoms with Crippen LogP contribution in [0.15, 0.2) is 6.07 Å². The third-order valence-electron chi connectivity index (χ3n) is 8.80. The highest BCUT2D eigenvalue weighted by molar-refractivity contribution is 5.97. The highest BCUT2D eigenvalue weighted by Gasteiger charge is 2.42. The van der Waals surface area contributed by atoms with E-state index < -0.39 is 52.0 Å². The molecule has 10 nitrogen and oxygen atoms in total. The molecule has 4 aliphatic rings. The van der Waals surface area contributed by atoms with Crippen LogP contribution in [0.25, 0.3) is 22.2 Å². The predicted octanol–water partition coefficient (Wildman–Crippen LogP) is 3.29. The fourth-order valence-electron chi connectivity index (χ4n) is 6.69. The van der Waals surface area contributed by atoms with Crippen molar-refractivity contribution in [2.24, 2.45) is 0 Å². The molecule has 3 aromatic rings. The zero-order valence-electron chi connectivity index (χ0n) is 23.5. The lowest BCUT2D eigenvalue weighted by molar-refractivity contribution is -0.137. The first-order valence-electron chi connectivity index (χ1n) is 14.2. The SMILES string of the molecule is Cc1c(F)c(N)cc(-c2nc3c4c(nc(OC[C@H]5C[C@@H]6CN5CCO6)nc4c2F)N2CCNC[C@H]2[C@H](C)O3)c1C(F)(F)F. The summed E-state index contributed by atoms with van der Waals surface area (Å²) < 4.78 is 91.9. The fraction of sp³-hybridized carbons (Fsp3) is 0.536. The van der Waals surface area contributed by atoms with Gasteiger partial charge in [0.25, 0.3) is 0 Å². The van der Waals surface area contributed by atoms with E-state index in [9.17, 15) is 17.6 Å². The number of anilines is 2. The molecular weight excluding hydrogens is 577 g/mol. The van der Waals surface area contributed by atoms with Gasteiger partial charge in [-0.3, -0.25) is 4.90 Å². The summed E-state index contributed by atoms with van der Waals surface area (Å²) in [5, 5.41) is 3.43. The summed E-state index contributed by atoms with van der Waals surface area (Å²) >= 11 is 0. The normalized spacial score (nSPS) is 26.7. The molecule has 0 aliphatic carbocycles. The standard InChI is InChI=1S/C28H30F5N7O3/c1-12-20(28(31,32)33)16(8-17(34)21(12)29)23-22(30)24-19-25(40-4-3-35-9-18(40)13(2)43-26(19)36-23)38-27(37-24)42-11-14-7-15-10-39(14)5-6-41-15/h8,13-15,18,35H,3-7,9-11,34H2,1-2H3/t13-,14+,15+,18-/m0/s1. The van der Waals surface area contributed by atoms with Crippen molar-refractivity contribution in [2.45, 2.75) is 50.7 Å². The Morgan fingerprint density at radius 3 is 2.74 bits per heavy atom. The minimum atomic E-state index is -5.03. The lowest BCUT2D eigenvalue weighted by Gasteiger charge is -2.38. The summed E-state index contributed by atoms with van der Waals surface area (Å²) in [6.07, 6.45) is -4.65. The number of nitrogens with two attached hydrogens (primary N) is 1. The molecule has 230 valence electrons. The van der Waals surface area contributed by atoms with Crippen LogP contribution < -0.4 is 25.4 Å². The zero-order chi connectivity index (χ0) is 30.2. The number of alkyl halides is 3. The first-order valence-corrected chi connectivity index (χ1v) is 14.2. The van der Waals surface area contributed by atoms with Crippen molar-refractivity contribution in [3.8, 4) is 23.1 Å².